The summed E-state index contributed by atoms with van der Waals surface area (Å²) < 4.78 is 2.22. The summed E-state index contributed by atoms with van der Waals surface area (Å²) in [4.78, 5) is 0. The first-order valence-corrected chi connectivity index (χ1v) is 4.26. The lowest BCUT2D eigenvalue weighted by molar-refractivity contribution is 0.737. The quantitative estimate of drug-likeness (QED) is 0.596. The van der Waals surface area contributed by atoms with E-state index in [2.05, 4.69) is 29.2 Å². The maximum atomic E-state index is 3.43. The molecule has 0 amide bonds. The van der Waals surface area contributed by atoms with Crippen LogP contribution in [0.4, 0.5) is 5.69 Å². The van der Waals surface area contributed by atoms with Crippen LogP contribution in [0.2, 0.25) is 0 Å². The molecule has 2 heteroatoms. The number of aryl methyl sites for hydroxylation is 1. The van der Waals surface area contributed by atoms with E-state index in [1.165, 1.54) is 30.6 Å². The van der Waals surface area contributed by atoms with Crippen molar-refractivity contribution >= 4 is 5.69 Å². The number of anilines is 1. The molecule has 0 bridgehead atoms. The predicted molar refractivity (Wildman–Crippen MR) is 46.8 cm³/mol. The van der Waals surface area contributed by atoms with Crippen LogP contribution in [0, 0.1) is 0 Å². The molecule has 1 aliphatic heterocycles. The van der Waals surface area contributed by atoms with Gasteiger partial charge in [-0.3, -0.25) is 0 Å². The number of fused-ring (bicyclic) bond motifs is 1. The number of hydrogen-bond donors (Lipinski definition) is 1. The van der Waals surface area contributed by atoms with E-state index < -0.39 is 0 Å². The predicted octanol–water partition coefficient (Wildman–Crippen LogP) is 1.77. The minimum Gasteiger partial charge on any atom is -0.384 e. The molecule has 0 unspecified atom stereocenters. The van der Waals surface area contributed by atoms with Gasteiger partial charge in [-0.2, -0.15) is 0 Å². The highest BCUT2D eigenvalue weighted by Gasteiger charge is 2.08. The molecule has 0 radical (unpaired) electrons. The lowest BCUT2D eigenvalue weighted by atomic mass is 10.2. The smallest absolute Gasteiger partial charge is 0.0552 e. The zero-order valence-electron chi connectivity index (χ0n) is 6.93. The Morgan fingerprint density at radius 1 is 1.45 bits per heavy atom. The second-order valence-corrected chi connectivity index (χ2v) is 3.17. The van der Waals surface area contributed by atoms with E-state index in [1.807, 2.05) is 0 Å². The molecule has 0 saturated heterocycles. The van der Waals surface area contributed by atoms with Gasteiger partial charge in [0.15, 0.2) is 0 Å². The van der Waals surface area contributed by atoms with Crippen molar-refractivity contribution in [2.24, 2.45) is 7.05 Å². The SMILES string of the molecule is Cn1ccc2c1CCCCN2. The molecule has 0 aliphatic carbocycles. The fraction of sp³-hybridized carbons (Fsp3) is 0.556. The maximum absolute atomic E-state index is 3.43. The van der Waals surface area contributed by atoms with Gasteiger partial charge in [0.05, 0.1) is 5.69 Å². The normalized spacial score (nSPS) is 16.8. The molecule has 60 valence electrons. The zero-order valence-corrected chi connectivity index (χ0v) is 6.93. The molecular formula is C9H14N2. The fourth-order valence-electron chi connectivity index (χ4n) is 1.67. The fourth-order valence-corrected chi connectivity index (χ4v) is 1.67. The van der Waals surface area contributed by atoms with Crippen molar-refractivity contribution in [3.8, 4) is 0 Å². The largest absolute Gasteiger partial charge is 0.384 e. The van der Waals surface area contributed by atoms with Crippen molar-refractivity contribution in [2.45, 2.75) is 19.3 Å². The van der Waals surface area contributed by atoms with Gasteiger partial charge in [0.2, 0.25) is 0 Å². The van der Waals surface area contributed by atoms with E-state index in [9.17, 15) is 0 Å². The standard InChI is InChI=1S/C9H14N2/c1-11-7-5-8-9(11)4-2-3-6-10-8/h5,7,10H,2-4,6H2,1H3. The van der Waals surface area contributed by atoms with Crippen LogP contribution in [0.15, 0.2) is 12.3 Å². The van der Waals surface area contributed by atoms with Crippen LogP contribution in [-0.4, -0.2) is 11.1 Å². The lowest BCUT2D eigenvalue weighted by Gasteiger charge is -2.02. The Balaban J connectivity index is 2.35. The second-order valence-electron chi connectivity index (χ2n) is 3.17. The Labute approximate surface area is 67.2 Å². The van der Waals surface area contributed by atoms with Crippen molar-refractivity contribution < 1.29 is 0 Å². The van der Waals surface area contributed by atoms with Gasteiger partial charge in [-0.15, -0.1) is 0 Å². The molecule has 0 spiro atoms. The van der Waals surface area contributed by atoms with Gasteiger partial charge >= 0.3 is 0 Å². The van der Waals surface area contributed by atoms with E-state index in [-0.39, 0.29) is 0 Å². The first-order valence-electron chi connectivity index (χ1n) is 4.26. The minimum atomic E-state index is 1.14. The summed E-state index contributed by atoms with van der Waals surface area (Å²) in [5.41, 5.74) is 2.80. The molecule has 0 atom stereocenters. The summed E-state index contributed by atoms with van der Waals surface area (Å²) in [5.74, 6) is 0. The number of nitrogens with one attached hydrogen (secondary N) is 1. The van der Waals surface area contributed by atoms with Crippen LogP contribution in [0.25, 0.3) is 0 Å². The Hall–Kier alpha value is -0.920. The van der Waals surface area contributed by atoms with Crippen LogP contribution in [-0.2, 0) is 13.5 Å². The Morgan fingerprint density at radius 3 is 3.27 bits per heavy atom. The highest BCUT2D eigenvalue weighted by molar-refractivity contribution is 5.49. The van der Waals surface area contributed by atoms with E-state index >= 15 is 0 Å². The maximum Gasteiger partial charge on any atom is 0.0552 e. The van der Waals surface area contributed by atoms with Gasteiger partial charge in [-0.1, -0.05) is 0 Å². The van der Waals surface area contributed by atoms with E-state index in [0.29, 0.717) is 0 Å². The third kappa shape index (κ3) is 1.13. The number of hydrogen-bond acceptors (Lipinski definition) is 1. The molecule has 2 nitrogen and oxygen atoms in total. The van der Waals surface area contributed by atoms with Gasteiger partial charge < -0.3 is 9.88 Å². The Kier molecular flexibility index (Phi) is 1.60. The second kappa shape index (κ2) is 2.61. The molecule has 0 saturated carbocycles. The lowest BCUT2D eigenvalue weighted by Crippen LogP contribution is -1.98. The third-order valence-electron chi connectivity index (χ3n) is 2.36. The van der Waals surface area contributed by atoms with Gasteiger partial charge in [0, 0.05) is 25.5 Å². The molecule has 11 heavy (non-hydrogen) atoms. The summed E-state index contributed by atoms with van der Waals surface area (Å²) in [7, 11) is 2.12. The van der Waals surface area contributed by atoms with Crippen molar-refractivity contribution in [1.29, 1.82) is 0 Å². The summed E-state index contributed by atoms with van der Waals surface area (Å²) in [5, 5.41) is 3.43. The number of nitrogens with zero attached hydrogens (tertiary/aromatic N) is 1. The Bertz CT molecular complexity index is 250. The topological polar surface area (TPSA) is 17.0 Å². The highest BCUT2D eigenvalue weighted by Crippen LogP contribution is 2.21. The highest BCUT2D eigenvalue weighted by atomic mass is 15.0. The molecule has 2 rings (SSSR count). The van der Waals surface area contributed by atoms with Crippen LogP contribution in [0.1, 0.15) is 18.5 Å². The van der Waals surface area contributed by atoms with Crippen LogP contribution in [0.5, 0.6) is 0 Å². The molecule has 1 aromatic heterocycles. The summed E-state index contributed by atoms with van der Waals surface area (Å²) in [6.07, 6.45) is 5.97. The van der Waals surface area contributed by atoms with Crippen molar-refractivity contribution in [3.63, 3.8) is 0 Å². The average Bonchev–Trinajstić information content (AvgIpc) is 2.25. The van der Waals surface area contributed by atoms with E-state index in [4.69, 9.17) is 0 Å². The monoisotopic (exact) mass is 150 g/mol. The molecule has 1 N–H and O–H groups in total. The van der Waals surface area contributed by atoms with E-state index in [1.54, 1.807) is 0 Å². The molecular weight excluding hydrogens is 136 g/mol. The first kappa shape index (κ1) is 6.77. The third-order valence-corrected chi connectivity index (χ3v) is 2.36. The van der Waals surface area contributed by atoms with Crippen LogP contribution in [0.3, 0.4) is 0 Å². The molecule has 0 aromatic carbocycles. The number of rotatable bonds is 0. The molecule has 1 aliphatic rings. The van der Waals surface area contributed by atoms with E-state index in [0.717, 1.165) is 6.54 Å². The first-order chi connectivity index (χ1) is 5.38. The van der Waals surface area contributed by atoms with Gasteiger partial charge in [-0.05, 0) is 25.3 Å². The van der Waals surface area contributed by atoms with Crippen LogP contribution >= 0.6 is 0 Å². The average molecular weight is 150 g/mol. The molecule has 1 aromatic rings. The molecule has 0 fully saturated rings. The van der Waals surface area contributed by atoms with Crippen molar-refractivity contribution in [2.75, 3.05) is 11.9 Å². The van der Waals surface area contributed by atoms with Gasteiger partial charge in [-0.25, -0.2) is 0 Å². The summed E-state index contributed by atoms with van der Waals surface area (Å²) in [6.45, 7) is 1.14. The zero-order chi connectivity index (χ0) is 7.68. The molecule has 2 heterocycles. The summed E-state index contributed by atoms with van der Waals surface area (Å²) >= 11 is 0. The van der Waals surface area contributed by atoms with Crippen molar-refractivity contribution in [1.82, 2.24) is 4.57 Å². The Morgan fingerprint density at radius 2 is 2.36 bits per heavy atom. The number of aromatic nitrogens is 1. The minimum absolute atomic E-state index is 1.14. The van der Waals surface area contributed by atoms with Crippen molar-refractivity contribution in [3.05, 3.63) is 18.0 Å². The summed E-state index contributed by atoms with van der Waals surface area (Å²) in [6, 6.07) is 2.17. The van der Waals surface area contributed by atoms with Gasteiger partial charge in [0.25, 0.3) is 0 Å². The van der Waals surface area contributed by atoms with Gasteiger partial charge in [0.1, 0.15) is 0 Å². The van der Waals surface area contributed by atoms with Crippen LogP contribution < -0.4 is 5.32 Å².